The number of hydrogen-bond donors (Lipinski definition) is 0. The van der Waals surface area contributed by atoms with Crippen molar-refractivity contribution in [3.63, 3.8) is 0 Å². The van der Waals surface area contributed by atoms with Crippen LogP contribution in [0.1, 0.15) is 88.4 Å². The van der Waals surface area contributed by atoms with Gasteiger partial charge >= 0.3 is 0 Å². The fraction of sp³-hybridized carbons (Fsp3) is 0.517. The van der Waals surface area contributed by atoms with E-state index in [9.17, 15) is 0 Å². The Morgan fingerprint density at radius 1 is 0.794 bits per heavy atom. The van der Waals surface area contributed by atoms with Crippen molar-refractivity contribution in [2.45, 2.75) is 77.2 Å². The molecule has 2 unspecified atom stereocenters. The number of allylic oxidation sites excluding steroid dienone is 2. The third-order valence-electron chi connectivity index (χ3n) is 7.60. The van der Waals surface area contributed by atoms with Gasteiger partial charge in [-0.2, -0.15) is 0 Å². The molecule has 1 aliphatic carbocycles. The Balaban J connectivity index is 1.54. The quantitative estimate of drug-likeness (QED) is 0.300. The summed E-state index contributed by atoms with van der Waals surface area (Å²) in [4.78, 5) is 0. The summed E-state index contributed by atoms with van der Waals surface area (Å²) < 4.78 is 66.0. The van der Waals surface area contributed by atoms with Crippen molar-refractivity contribution in [3.05, 3.63) is 70.8 Å². The predicted octanol–water partition coefficient (Wildman–Crippen LogP) is 9.03. The summed E-state index contributed by atoms with van der Waals surface area (Å²) in [5, 5.41) is 0. The molecule has 0 aromatic heterocycles. The monoisotopic (exact) mass is 474 g/mol. The van der Waals surface area contributed by atoms with Gasteiger partial charge in [0.05, 0.1) is 12.7 Å². The van der Waals surface area contributed by atoms with Crippen LogP contribution in [0.15, 0.2) is 36.4 Å². The lowest BCUT2D eigenvalue weighted by Gasteiger charge is -2.29. The molecule has 0 N–H and O–H groups in total. The Bertz CT molecular complexity index is 1020. The van der Waals surface area contributed by atoms with Crippen molar-refractivity contribution in [2.24, 2.45) is 11.8 Å². The minimum absolute atomic E-state index is 0.0611. The summed E-state index contributed by atoms with van der Waals surface area (Å²) in [5.74, 6) is -3.40. The average molecular weight is 475 g/mol. The van der Waals surface area contributed by atoms with Crippen LogP contribution in [-0.4, -0.2) is 6.61 Å². The fourth-order valence-electron chi connectivity index (χ4n) is 5.69. The summed E-state index contributed by atoms with van der Waals surface area (Å²) in [6.07, 6.45) is 10.7. The molecule has 2 fully saturated rings. The van der Waals surface area contributed by atoms with Crippen LogP contribution in [0.2, 0.25) is 0 Å². The lowest BCUT2D eigenvalue weighted by molar-refractivity contribution is -0.0214. The van der Waals surface area contributed by atoms with Crippen molar-refractivity contribution in [3.8, 4) is 11.1 Å². The zero-order chi connectivity index (χ0) is 24.2. The van der Waals surface area contributed by atoms with E-state index in [4.69, 9.17) is 4.74 Å². The Morgan fingerprint density at radius 2 is 1.41 bits per heavy atom. The van der Waals surface area contributed by atoms with Crippen LogP contribution in [-0.2, 0) is 4.74 Å². The molecule has 1 saturated carbocycles. The molecule has 1 heterocycles. The minimum atomic E-state index is -1.16. The molecule has 0 amide bonds. The van der Waals surface area contributed by atoms with E-state index in [0.29, 0.717) is 30.4 Å². The Labute approximate surface area is 200 Å². The maximum atomic E-state index is 15.1. The van der Waals surface area contributed by atoms with E-state index in [1.165, 1.54) is 24.3 Å². The van der Waals surface area contributed by atoms with Crippen LogP contribution in [0, 0.1) is 35.1 Å². The second kappa shape index (κ2) is 11.1. The fourth-order valence-corrected chi connectivity index (χ4v) is 5.69. The Morgan fingerprint density at radius 3 is 1.97 bits per heavy atom. The first-order chi connectivity index (χ1) is 16.4. The van der Waals surface area contributed by atoms with Gasteiger partial charge in [-0.15, -0.1) is 0 Å². The topological polar surface area (TPSA) is 9.23 Å². The summed E-state index contributed by atoms with van der Waals surface area (Å²) in [5.41, 5.74) is -0.0402. The molecule has 184 valence electrons. The number of halogens is 4. The maximum absolute atomic E-state index is 15.1. The first-order valence-corrected chi connectivity index (χ1v) is 12.6. The summed E-state index contributed by atoms with van der Waals surface area (Å²) in [6, 6.07) is 5.72. The SMILES string of the molecule is CC=CC1CCC(c2ccc(-c3ccc(C4CCC(CCC)CO4)c(F)c3F)c(F)c2F)CC1. The summed E-state index contributed by atoms with van der Waals surface area (Å²) in [7, 11) is 0. The summed E-state index contributed by atoms with van der Waals surface area (Å²) >= 11 is 0. The third kappa shape index (κ3) is 5.10. The number of ether oxygens (including phenoxy) is 1. The van der Waals surface area contributed by atoms with Gasteiger partial charge in [-0.3, -0.25) is 0 Å². The van der Waals surface area contributed by atoms with Gasteiger partial charge in [0, 0.05) is 16.7 Å². The Kier molecular flexibility index (Phi) is 8.13. The van der Waals surface area contributed by atoms with Gasteiger partial charge in [-0.05, 0) is 75.2 Å². The van der Waals surface area contributed by atoms with Crippen molar-refractivity contribution in [1.29, 1.82) is 0 Å². The molecule has 1 aliphatic heterocycles. The van der Waals surface area contributed by atoms with Gasteiger partial charge < -0.3 is 4.74 Å². The molecule has 2 atom stereocenters. The second-order valence-corrected chi connectivity index (χ2v) is 9.85. The lowest BCUT2D eigenvalue weighted by Crippen LogP contribution is -2.21. The molecule has 0 bridgehead atoms. The highest BCUT2D eigenvalue weighted by Gasteiger charge is 2.29. The highest BCUT2D eigenvalue weighted by molar-refractivity contribution is 5.66. The van der Waals surface area contributed by atoms with Gasteiger partial charge in [0.1, 0.15) is 0 Å². The first kappa shape index (κ1) is 25.0. The average Bonchev–Trinajstić information content (AvgIpc) is 2.85. The van der Waals surface area contributed by atoms with Gasteiger partial charge in [0.2, 0.25) is 0 Å². The molecule has 2 aromatic rings. The van der Waals surface area contributed by atoms with E-state index in [0.717, 1.165) is 44.9 Å². The molecule has 2 aromatic carbocycles. The van der Waals surface area contributed by atoms with E-state index < -0.39 is 29.4 Å². The number of rotatable bonds is 6. The van der Waals surface area contributed by atoms with Crippen LogP contribution < -0.4 is 0 Å². The normalized spacial score (nSPS) is 25.7. The zero-order valence-corrected chi connectivity index (χ0v) is 20.1. The van der Waals surface area contributed by atoms with Gasteiger partial charge in [-0.25, -0.2) is 17.6 Å². The van der Waals surface area contributed by atoms with Gasteiger partial charge in [0.15, 0.2) is 23.3 Å². The van der Waals surface area contributed by atoms with Crippen molar-refractivity contribution >= 4 is 0 Å². The maximum Gasteiger partial charge on any atom is 0.167 e. The highest BCUT2D eigenvalue weighted by atomic mass is 19.2. The van der Waals surface area contributed by atoms with Crippen LogP contribution in [0.3, 0.4) is 0 Å². The van der Waals surface area contributed by atoms with Gasteiger partial charge in [0.25, 0.3) is 0 Å². The molecule has 4 rings (SSSR count). The van der Waals surface area contributed by atoms with E-state index in [-0.39, 0.29) is 22.6 Å². The van der Waals surface area contributed by atoms with Crippen LogP contribution in [0.25, 0.3) is 11.1 Å². The predicted molar refractivity (Wildman–Crippen MR) is 128 cm³/mol. The van der Waals surface area contributed by atoms with E-state index in [2.05, 4.69) is 13.0 Å². The second-order valence-electron chi connectivity index (χ2n) is 9.85. The van der Waals surface area contributed by atoms with Crippen molar-refractivity contribution in [1.82, 2.24) is 0 Å². The van der Waals surface area contributed by atoms with Crippen LogP contribution in [0.5, 0.6) is 0 Å². The first-order valence-electron chi connectivity index (χ1n) is 12.6. The van der Waals surface area contributed by atoms with Crippen LogP contribution >= 0.6 is 0 Å². The smallest absolute Gasteiger partial charge is 0.167 e. The molecular weight excluding hydrogens is 440 g/mol. The molecular formula is C29H34F4O. The lowest BCUT2D eigenvalue weighted by atomic mass is 9.78. The van der Waals surface area contributed by atoms with E-state index in [1.807, 2.05) is 13.0 Å². The largest absolute Gasteiger partial charge is 0.373 e. The number of hydrogen-bond acceptors (Lipinski definition) is 1. The molecule has 1 nitrogen and oxygen atoms in total. The van der Waals surface area contributed by atoms with Crippen molar-refractivity contribution < 1.29 is 22.3 Å². The molecule has 34 heavy (non-hydrogen) atoms. The molecule has 0 radical (unpaired) electrons. The zero-order valence-electron chi connectivity index (χ0n) is 20.1. The molecule has 2 aliphatic rings. The standard InChI is InChI=1S/C29H34F4O/c1-3-5-18-7-10-20(11-8-18)21-12-13-22(27(31)26(21)30)23-14-15-24(29(33)28(23)32)25-16-9-19(6-4-2)17-34-25/h3,5,12-15,18-20,25H,4,6-11,16-17H2,1-2H3. The minimum Gasteiger partial charge on any atom is -0.373 e. The summed E-state index contributed by atoms with van der Waals surface area (Å²) in [6.45, 7) is 4.63. The van der Waals surface area contributed by atoms with E-state index in [1.54, 1.807) is 0 Å². The number of benzene rings is 2. The molecule has 0 spiro atoms. The van der Waals surface area contributed by atoms with Crippen molar-refractivity contribution in [2.75, 3.05) is 6.61 Å². The van der Waals surface area contributed by atoms with Gasteiger partial charge in [-0.1, -0.05) is 49.8 Å². The van der Waals surface area contributed by atoms with E-state index >= 15 is 17.6 Å². The third-order valence-corrected chi connectivity index (χ3v) is 7.60. The Hall–Kier alpha value is -2.14. The molecule has 5 heteroatoms. The molecule has 1 saturated heterocycles. The highest BCUT2D eigenvalue weighted by Crippen LogP contribution is 2.41. The van der Waals surface area contributed by atoms with Crippen LogP contribution in [0.4, 0.5) is 17.6 Å².